The minimum Gasteiger partial charge on any atom is -0.481 e. The third kappa shape index (κ3) is 4.85. The summed E-state index contributed by atoms with van der Waals surface area (Å²) < 4.78 is 6.01. The van der Waals surface area contributed by atoms with Crippen molar-refractivity contribution in [2.45, 2.75) is 25.5 Å². The van der Waals surface area contributed by atoms with Gasteiger partial charge < -0.3 is 14.7 Å². The lowest BCUT2D eigenvalue weighted by atomic mass is 9.97. The number of amides is 1. The monoisotopic (exact) mass is 469 g/mol. The number of carbonyl (C=O) groups excluding carboxylic acids is 1. The van der Waals surface area contributed by atoms with E-state index < -0.39 is 0 Å². The van der Waals surface area contributed by atoms with E-state index in [9.17, 15) is 9.90 Å². The average molecular weight is 470 g/mol. The molecule has 35 heavy (non-hydrogen) atoms. The Balaban J connectivity index is 1.40. The SMILES string of the molecule is Cc1ccc(OCC(=O)N(C)C(CN2CC[C@H](O)C2)c2cccc3ccccc23)c2ncccc12. The molecule has 0 saturated carbocycles. The quantitative estimate of drug-likeness (QED) is 0.436. The van der Waals surface area contributed by atoms with Crippen LogP contribution < -0.4 is 4.74 Å². The van der Waals surface area contributed by atoms with Gasteiger partial charge in [-0.1, -0.05) is 54.6 Å². The highest BCUT2D eigenvalue weighted by molar-refractivity contribution is 5.88. The molecule has 0 aliphatic carbocycles. The number of ether oxygens (including phenoxy) is 1. The number of hydrogen-bond donors (Lipinski definition) is 1. The van der Waals surface area contributed by atoms with Gasteiger partial charge in [-0.25, -0.2) is 0 Å². The zero-order valence-electron chi connectivity index (χ0n) is 20.2. The summed E-state index contributed by atoms with van der Waals surface area (Å²) in [7, 11) is 1.84. The number of nitrogens with zero attached hydrogens (tertiary/aromatic N) is 3. The van der Waals surface area contributed by atoms with E-state index in [4.69, 9.17) is 4.74 Å². The largest absolute Gasteiger partial charge is 0.481 e. The second kappa shape index (κ2) is 10.0. The number of aromatic nitrogens is 1. The maximum atomic E-state index is 13.4. The number of rotatable bonds is 7. The number of hydrogen-bond acceptors (Lipinski definition) is 5. The lowest BCUT2D eigenvalue weighted by molar-refractivity contribution is -0.134. The summed E-state index contributed by atoms with van der Waals surface area (Å²) in [5.74, 6) is 0.504. The van der Waals surface area contributed by atoms with Gasteiger partial charge in [-0.05, 0) is 47.4 Å². The van der Waals surface area contributed by atoms with Crippen LogP contribution in [0.3, 0.4) is 0 Å². The maximum absolute atomic E-state index is 13.4. The smallest absolute Gasteiger partial charge is 0.260 e. The first-order chi connectivity index (χ1) is 17.0. The van der Waals surface area contributed by atoms with Crippen LogP contribution in [0, 0.1) is 6.92 Å². The van der Waals surface area contributed by atoms with Crippen LogP contribution in [0.15, 0.2) is 72.9 Å². The van der Waals surface area contributed by atoms with Gasteiger partial charge in [0.05, 0.1) is 12.1 Å². The third-order valence-corrected chi connectivity index (χ3v) is 7.02. The van der Waals surface area contributed by atoms with Crippen molar-refractivity contribution in [3.8, 4) is 5.75 Å². The minimum atomic E-state index is -0.310. The zero-order valence-corrected chi connectivity index (χ0v) is 20.2. The lowest BCUT2D eigenvalue weighted by Crippen LogP contribution is -2.41. The van der Waals surface area contributed by atoms with Gasteiger partial charge in [-0.15, -0.1) is 0 Å². The van der Waals surface area contributed by atoms with Gasteiger partial charge in [0.2, 0.25) is 0 Å². The molecule has 1 aromatic heterocycles. The second-order valence-electron chi connectivity index (χ2n) is 9.36. The Morgan fingerprint density at radius 3 is 2.74 bits per heavy atom. The molecule has 4 aromatic rings. The molecule has 1 aliphatic rings. The Labute approximate surface area is 205 Å². The van der Waals surface area contributed by atoms with Crippen LogP contribution in [0.25, 0.3) is 21.7 Å². The van der Waals surface area contributed by atoms with Crippen molar-refractivity contribution in [1.29, 1.82) is 0 Å². The second-order valence-corrected chi connectivity index (χ2v) is 9.36. The fraction of sp³-hybridized carbons (Fsp3) is 0.310. The Bertz CT molecular complexity index is 1350. The molecule has 3 aromatic carbocycles. The van der Waals surface area contributed by atoms with Crippen LogP contribution in [-0.4, -0.2) is 65.2 Å². The Hall–Kier alpha value is -3.48. The molecule has 1 unspecified atom stereocenters. The average Bonchev–Trinajstić information content (AvgIpc) is 3.31. The van der Waals surface area contributed by atoms with Gasteiger partial charge in [0, 0.05) is 38.3 Å². The van der Waals surface area contributed by atoms with Crippen molar-refractivity contribution in [1.82, 2.24) is 14.8 Å². The van der Waals surface area contributed by atoms with E-state index in [1.807, 2.05) is 56.4 Å². The van der Waals surface area contributed by atoms with Crippen LogP contribution in [-0.2, 0) is 4.79 Å². The van der Waals surface area contributed by atoms with E-state index in [0.717, 1.165) is 45.8 Å². The van der Waals surface area contributed by atoms with Gasteiger partial charge in [-0.2, -0.15) is 0 Å². The number of carbonyl (C=O) groups is 1. The lowest BCUT2D eigenvalue weighted by Gasteiger charge is -2.33. The van der Waals surface area contributed by atoms with Gasteiger partial charge in [0.1, 0.15) is 11.3 Å². The van der Waals surface area contributed by atoms with E-state index in [1.54, 1.807) is 11.1 Å². The molecule has 6 nitrogen and oxygen atoms in total. The molecule has 1 N–H and O–H groups in total. The Morgan fingerprint density at radius 1 is 1.11 bits per heavy atom. The van der Waals surface area contributed by atoms with Crippen molar-refractivity contribution >= 4 is 27.6 Å². The number of likely N-dealkylation sites (tertiary alicyclic amines) is 1. The number of β-amino-alcohol motifs (C(OH)–C–C–N with tert-alkyl or cyclic N) is 1. The van der Waals surface area contributed by atoms with Gasteiger partial charge in [0.25, 0.3) is 5.91 Å². The molecule has 1 amide bonds. The van der Waals surface area contributed by atoms with E-state index in [1.165, 1.54) is 0 Å². The molecule has 5 rings (SSSR count). The fourth-order valence-electron chi connectivity index (χ4n) is 5.01. The molecule has 1 fully saturated rings. The fourth-order valence-corrected chi connectivity index (χ4v) is 5.01. The summed E-state index contributed by atoms with van der Waals surface area (Å²) in [5, 5.41) is 13.4. The van der Waals surface area contributed by atoms with E-state index in [0.29, 0.717) is 18.8 Å². The molecule has 2 heterocycles. The molecule has 1 saturated heterocycles. The molecular formula is C29H31N3O3. The molecule has 0 bridgehead atoms. The first kappa shape index (κ1) is 23.3. The minimum absolute atomic E-state index is 0.0743. The molecule has 0 spiro atoms. The standard InChI is InChI=1S/C29H31N3O3/c1-20-12-13-27(29-23(20)11-6-15-30-29)35-19-28(34)31(2)26(18-32-16-14-22(33)17-32)25-10-5-8-21-7-3-4-9-24(21)25/h3-13,15,22,26,33H,14,16-19H2,1-2H3/t22-,26?/m0/s1. The van der Waals surface area contributed by atoms with Crippen molar-refractivity contribution in [3.05, 3.63) is 84.1 Å². The molecule has 0 radical (unpaired) electrons. The van der Waals surface area contributed by atoms with Gasteiger partial charge in [-0.3, -0.25) is 14.7 Å². The third-order valence-electron chi connectivity index (χ3n) is 7.02. The van der Waals surface area contributed by atoms with Crippen LogP contribution in [0.4, 0.5) is 0 Å². The predicted octanol–water partition coefficient (Wildman–Crippen LogP) is 4.34. The Morgan fingerprint density at radius 2 is 1.91 bits per heavy atom. The number of aliphatic hydroxyl groups excluding tert-OH is 1. The topological polar surface area (TPSA) is 65.9 Å². The van der Waals surface area contributed by atoms with Gasteiger partial charge in [0.15, 0.2) is 6.61 Å². The summed E-state index contributed by atoms with van der Waals surface area (Å²) >= 11 is 0. The predicted molar refractivity (Wildman–Crippen MR) is 138 cm³/mol. The highest BCUT2D eigenvalue weighted by Crippen LogP contribution is 2.30. The number of aliphatic hydroxyl groups is 1. The number of aryl methyl sites for hydroxylation is 1. The van der Waals surface area contributed by atoms with E-state index in [-0.39, 0.29) is 24.7 Å². The zero-order chi connectivity index (χ0) is 24.4. The van der Waals surface area contributed by atoms with Crippen LogP contribution in [0.2, 0.25) is 0 Å². The van der Waals surface area contributed by atoms with Gasteiger partial charge >= 0.3 is 0 Å². The first-order valence-electron chi connectivity index (χ1n) is 12.1. The maximum Gasteiger partial charge on any atom is 0.260 e. The van der Waals surface area contributed by atoms with Crippen molar-refractivity contribution in [2.24, 2.45) is 0 Å². The summed E-state index contributed by atoms with van der Waals surface area (Å²) in [6.07, 6.45) is 2.19. The molecule has 180 valence electrons. The van der Waals surface area contributed by atoms with E-state index in [2.05, 4.69) is 34.1 Å². The highest BCUT2D eigenvalue weighted by atomic mass is 16.5. The van der Waals surface area contributed by atoms with Crippen LogP contribution >= 0.6 is 0 Å². The normalized spacial score (nSPS) is 17.1. The summed E-state index contributed by atoms with van der Waals surface area (Å²) in [5.41, 5.74) is 2.98. The van der Waals surface area contributed by atoms with Crippen LogP contribution in [0.5, 0.6) is 5.75 Å². The highest BCUT2D eigenvalue weighted by Gasteiger charge is 2.29. The molecule has 6 heteroatoms. The van der Waals surface area contributed by atoms with E-state index >= 15 is 0 Å². The summed E-state index contributed by atoms with van der Waals surface area (Å²) in [6, 6.07) is 22.1. The number of benzene rings is 3. The molecule has 1 aliphatic heterocycles. The number of pyridine rings is 1. The van der Waals surface area contributed by atoms with Crippen molar-refractivity contribution < 1.29 is 14.6 Å². The Kier molecular flexibility index (Phi) is 6.66. The van der Waals surface area contributed by atoms with Crippen LogP contribution in [0.1, 0.15) is 23.6 Å². The summed E-state index contributed by atoms with van der Waals surface area (Å²) in [6.45, 7) is 4.07. The number of fused-ring (bicyclic) bond motifs is 2. The van der Waals surface area contributed by atoms with Crippen molar-refractivity contribution in [3.63, 3.8) is 0 Å². The first-order valence-corrected chi connectivity index (χ1v) is 12.1. The molecular weight excluding hydrogens is 438 g/mol. The summed E-state index contributed by atoms with van der Waals surface area (Å²) in [4.78, 5) is 21.9. The molecule has 2 atom stereocenters. The van der Waals surface area contributed by atoms with Crippen molar-refractivity contribution in [2.75, 3.05) is 33.3 Å². The number of likely N-dealkylation sites (N-methyl/N-ethyl adjacent to an activating group) is 1.